The van der Waals surface area contributed by atoms with Crippen LogP contribution in [0.25, 0.3) is 0 Å². The number of hydrogen-bond donors (Lipinski definition) is 3. The van der Waals surface area contributed by atoms with Crippen molar-refractivity contribution in [3.8, 4) is 0 Å². The summed E-state index contributed by atoms with van der Waals surface area (Å²) in [5.74, 6) is -1.00. The minimum Gasteiger partial charge on any atom is -0.481 e. The maximum absolute atomic E-state index is 12.4. The SMILES string of the molecule is O=C(O)C1CCCC1CNC(=O)N1C2CCC1CC(O)C2. The molecule has 0 aromatic rings. The van der Waals surface area contributed by atoms with Crippen molar-refractivity contribution in [1.29, 1.82) is 0 Å². The molecule has 0 spiro atoms. The van der Waals surface area contributed by atoms with Crippen molar-refractivity contribution in [2.75, 3.05) is 6.54 Å². The van der Waals surface area contributed by atoms with Gasteiger partial charge in [-0.05, 0) is 44.4 Å². The van der Waals surface area contributed by atoms with Crippen molar-refractivity contribution in [3.63, 3.8) is 0 Å². The summed E-state index contributed by atoms with van der Waals surface area (Å²) >= 11 is 0. The molecule has 3 rings (SSSR count). The van der Waals surface area contributed by atoms with Gasteiger partial charge < -0.3 is 20.4 Å². The second-order valence-electron chi connectivity index (χ2n) is 6.74. The van der Waals surface area contributed by atoms with Crippen LogP contribution in [0.2, 0.25) is 0 Å². The third kappa shape index (κ3) is 2.86. The number of fused-ring (bicyclic) bond motifs is 2. The van der Waals surface area contributed by atoms with Crippen LogP contribution in [-0.4, -0.2) is 51.8 Å². The quantitative estimate of drug-likeness (QED) is 0.729. The first-order valence-corrected chi connectivity index (χ1v) is 8.03. The fraction of sp³-hybridized carbons (Fsp3) is 0.867. The number of carboxylic acid groups (broad SMARTS) is 1. The molecule has 3 N–H and O–H groups in total. The van der Waals surface area contributed by atoms with Gasteiger partial charge >= 0.3 is 12.0 Å². The number of aliphatic hydroxyl groups is 1. The lowest BCUT2D eigenvalue weighted by molar-refractivity contribution is -0.142. The summed E-state index contributed by atoms with van der Waals surface area (Å²) in [5.41, 5.74) is 0. The molecule has 3 aliphatic rings. The molecule has 2 amide bonds. The van der Waals surface area contributed by atoms with Crippen LogP contribution >= 0.6 is 0 Å². The van der Waals surface area contributed by atoms with E-state index in [2.05, 4.69) is 5.32 Å². The fourth-order valence-electron chi connectivity index (χ4n) is 4.40. The number of hydrogen-bond acceptors (Lipinski definition) is 3. The maximum atomic E-state index is 12.4. The highest BCUT2D eigenvalue weighted by molar-refractivity contribution is 5.76. The Bertz CT molecular complexity index is 414. The van der Waals surface area contributed by atoms with E-state index in [0.29, 0.717) is 19.4 Å². The molecule has 2 saturated heterocycles. The highest BCUT2D eigenvalue weighted by Crippen LogP contribution is 2.36. The van der Waals surface area contributed by atoms with Crippen molar-refractivity contribution < 1.29 is 19.8 Å². The Kier molecular flexibility index (Phi) is 4.06. The van der Waals surface area contributed by atoms with Crippen molar-refractivity contribution >= 4 is 12.0 Å². The van der Waals surface area contributed by atoms with Crippen molar-refractivity contribution in [2.24, 2.45) is 11.8 Å². The molecule has 2 aliphatic heterocycles. The van der Waals surface area contributed by atoms with E-state index in [1.165, 1.54) is 0 Å². The van der Waals surface area contributed by atoms with E-state index in [-0.39, 0.29) is 36.1 Å². The number of carbonyl (C=O) groups excluding carboxylic acids is 1. The fourth-order valence-corrected chi connectivity index (χ4v) is 4.40. The lowest BCUT2D eigenvalue weighted by Gasteiger charge is -2.37. The van der Waals surface area contributed by atoms with E-state index in [4.69, 9.17) is 5.11 Å². The Labute approximate surface area is 124 Å². The zero-order chi connectivity index (χ0) is 15.0. The molecule has 1 aliphatic carbocycles. The number of carbonyl (C=O) groups is 2. The smallest absolute Gasteiger partial charge is 0.317 e. The lowest BCUT2D eigenvalue weighted by atomic mass is 9.96. The first kappa shape index (κ1) is 14.6. The largest absolute Gasteiger partial charge is 0.481 e. The second kappa shape index (κ2) is 5.83. The molecule has 4 atom stereocenters. The summed E-state index contributed by atoms with van der Waals surface area (Å²) < 4.78 is 0. The third-order valence-corrected chi connectivity index (χ3v) is 5.43. The summed E-state index contributed by atoms with van der Waals surface area (Å²) in [4.78, 5) is 25.4. The predicted molar refractivity (Wildman–Crippen MR) is 75.8 cm³/mol. The highest BCUT2D eigenvalue weighted by atomic mass is 16.4. The van der Waals surface area contributed by atoms with Gasteiger partial charge in [-0.2, -0.15) is 0 Å². The molecule has 6 nitrogen and oxygen atoms in total. The Morgan fingerprint density at radius 1 is 1.10 bits per heavy atom. The molecular formula is C15H24N2O4. The van der Waals surface area contributed by atoms with Crippen molar-refractivity contribution in [2.45, 2.75) is 63.1 Å². The monoisotopic (exact) mass is 296 g/mol. The molecular weight excluding hydrogens is 272 g/mol. The molecule has 118 valence electrons. The number of aliphatic carboxylic acids is 1. The number of nitrogens with one attached hydrogen (secondary N) is 1. The zero-order valence-electron chi connectivity index (χ0n) is 12.2. The number of aliphatic hydroxyl groups excluding tert-OH is 1. The number of piperidine rings is 1. The summed E-state index contributed by atoms with van der Waals surface area (Å²) in [6.07, 6.45) is 5.53. The number of amides is 2. The van der Waals surface area contributed by atoms with Crippen LogP contribution < -0.4 is 5.32 Å². The molecule has 1 saturated carbocycles. The van der Waals surface area contributed by atoms with Crippen LogP contribution in [0.5, 0.6) is 0 Å². The van der Waals surface area contributed by atoms with Crippen LogP contribution in [0.15, 0.2) is 0 Å². The van der Waals surface area contributed by atoms with E-state index >= 15 is 0 Å². The minimum atomic E-state index is -0.743. The molecule has 2 bridgehead atoms. The Hall–Kier alpha value is -1.30. The summed E-state index contributed by atoms with van der Waals surface area (Å²) in [6.45, 7) is 0.453. The molecule has 0 aromatic heterocycles. The molecule has 6 heteroatoms. The van der Waals surface area contributed by atoms with Gasteiger partial charge in [0.05, 0.1) is 12.0 Å². The van der Waals surface area contributed by atoms with E-state index in [0.717, 1.165) is 32.1 Å². The molecule has 0 radical (unpaired) electrons. The molecule has 3 fully saturated rings. The van der Waals surface area contributed by atoms with E-state index < -0.39 is 5.97 Å². The van der Waals surface area contributed by atoms with Crippen LogP contribution in [0.3, 0.4) is 0 Å². The first-order chi connectivity index (χ1) is 10.1. The number of carboxylic acids is 1. The Balaban J connectivity index is 1.54. The summed E-state index contributed by atoms with van der Waals surface area (Å²) in [5, 5.41) is 21.9. The number of nitrogens with zero attached hydrogens (tertiary/aromatic N) is 1. The van der Waals surface area contributed by atoms with Gasteiger partial charge in [-0.3, -0.25) is 4.79 Å². The first-order valence-electron chi connectivity index (χ1n) is 8.03. The standard InChI is InChI=1S/C15H24N2O4/c18-12-6-10-4-5-11(7-12)17(10)15(21)16-8-9-2-1-3-13(9)14(19)20/h9-13,18H,1-8H2,(H,16,21)(H,19,20). The normalized spacial score (nSPS) is 38.5. The molecule has 4 unspecified atom stereocenters. The summed E-state index contributed by atoms with van der Waals surface area (Å²) in [7, 11) is 0. The van der Waals surface area contributed by atoms with Gasteiger partial charge in [0.25, 0.3) is 0 Å². The maximum Gasteiger partial charge on any atom is 0.317 e. The van der Waals surface area contributed by atoms with Crippen molar-refractivity contribution in [1.82, 2.24) is 10.2 Å². The van der Waals surface area contributed by atoms with Gasteiger partial charge in [0.15, 0.2) is 0 Å². The van der Waals surface area contributed by atoms with E-state index in [1.54, 1.807) is 0 Å². The minimum absolute atomic E-state index is 0.0551. The third-order valence-electron chi connectivity index (χ3n) is 5.43. The average molecular weight is 296 g/mol. The highest BCUT2D eigenvalue weighted by Gasteiger charge is 2.43. The van der Waals surface area contributed by atoms with Gasteiger partial charge in [-0.1, -0.05) is 6.42 Å². The second-order valence-corrected chi connectivity index (χ2v) is 6.74. The predicted octanol–water partition coefficient (Wildman–Crippen LogP) is 1.18. The van der Waals surface area contributed by atoms with Gasteiger partial charge in [0.2, 0.25) is 0 Å². The van der Waals surface area contributed by atoms with Crippen LogP contribution in [0, 0.1) is 11.8 Å². The lowest BCUT2D eigenvalue weighted by Crippen LogP contribution is -2.52. The Morgan fingerprint density at radius 3 is 2.38 bits per heavy atom. The number of urea groups is 1. The van der Waals surface area contributed by atoms with Crippen LogP contribution in [0.4, 0.5) is 4.79 Å². The van der Waals surface area contributed by atoms with E-state index in [9.17, 15) is 14.7 Å². The van der Waals surface area contributed by atoms with Crippen molar-refractivity contribution in [3.05, 3.63) is 0 Å². The van der Waals surface area contributed by atoms with Crippen LogP contribution in [-0.2, 0) is 4.79 Å². The summed E-state index contributed by atoms with van der Waals surface area (Å²) in [6, 6.07) is 0.223. The number of rotatable bonds is 3. The van der Waals surface area contributed by atoms with Gasteiger partial charge in [0.1, 0.15) is 0 Å². The van der Waals surface area contributed by atoms with Gasteiger partial charge in [-0.25, -0.2) is 4.79 Å². The average Bonchev–Trinajstić information content (AvgIpc) is 2.99. The van der Waals surface area contributed by atoms with Gasteiger partial charge in [0, 0.05) is 18.6 Å². The Morgan fingerprint density at radius 2 is 1.76 bits per heavy atom. The molecule has 2 heterocycles. The van der Waals surface area contributed by atoms with Gasteiger partial charge in [-0.15, -0.1) is 0 Å². The van der Waals surface area contributed by atoms with Crippen LogP contribution in [0.1, 0.15) is 44.9 Å². The topological polar surface area (TPSA) is 89.9 Å². The zero-order valence-corrected chi connectivity index (χ0v) is 12.2. The molecule has 21 heavy (non-hydrogen) atoms. The molecule has 0 aromatic carbocycles. The van der Waals surface area contributed by atoms with E-state index in [1.807, 2.05) is 4.90 Å².